The summed E-state index contributed by atoms with van der Waals surface area (Å²) in [6.07, 6.45) is 2.04. The maximum atomic E-state index is 13.8. The largest absolute Gasteiger partial charge is 0.341 e. The maximum Gasteiger partial charge on any atom is 0.242 e. The minimum absolute atomic E-state index is 0.00473. The van der Waals surface area contributed by atoms with Gasteiger partial charge in [0.25, 0.3) is 0 Å². The minimum Gasteiger partial charge on any atom is -0.341 e. The maximum absolute atomic E-state index is 13.8. The van der Waals surface area contributed by atoms with Crippen LogP contribution in [0.2, 0.25) is 0 Å². The molecule has 0 unspecified atom stereocenters. The van der Waals surface area contributed by atoms with Gasteiger partial charge in [0.1, 0.15) is 12.4 Å². The van der Waals surface area contributed by atoms with Gasteiger partial charge in [-0.1, -0.05) is 62.7 Å². The Hall–Kier alpha value is -3.06. The number of thioether (sulfide) groups is 1. The third kappa shape index (κ3) is 5.06. The second kappa shape index (κ2) is 10.0. The van der Waals surface area contributed by atoms with Crippen molar-refractivity contribution in [3.05, 3.63) is 76.5 Å². The number of aromatic nitrogens is 2. The lowest BCUT2D eigenvalue weighted by Crippen LogP contribution is -2.43. The van der Waals surface area contributed by atoms with E-state index in [2.05, 4.69) is 71.0 Å². The SMILES string of the molecule is Cc1cccc([C@@H]2SCC(=O)N(CC(=O)N3CCCC3)c3c2c(C(C)(C)C)nn3-c2cccc(C)c2)c1. The van der Waals surface area contributed by atoms with E-state index in [4.69, 9.17) is 5.10 Å². The van der Waals surface area contributed by atoms with Gasteiger partial charge in [-0.3, -0.25) is 14.5 Å². The number of nitrogens with zero attached hydrogens (tertiary/aromatic N) is 4. The van der Waals surface area contributed by atoms with Crippen molar-refractivity contribution >= 4 is 29.4 Å². The van der Waals surface area contributed by atoms with Crippen LogP contribution in [0.25, 0.3) is 5.69 Å². The standard InChI is InChI=1S/C30H36N4O2S/c1-20-10-8-12-22(16-20)27-26-28(30(3,4)5)31-34(23-13-9-11-21(2)17-23)29(26)33(25(36)19-37-27)18-24(35)32-14-6-7-15-32/h8-13,16-17,27H,6-7,14-15,18-19H2,1-5H3/t27-/m0/s1. The van der Waals surface area contributed by atoms with E-state index in [1.807, 2.05) is 21.7 Å². The molecule has 1 saturated heterocycles. The molecular formula is C30H36N4O2S. The van der Waals surface area contributed by atoms with Crippen molar-refractivity contribution in [2.45, 2.75) is 58.1 Å². The molecule has 6 nitrogen and oxygen atoms in total. The van der Waals surface area contributed by atoms with Crippen LogP contribution >= 0.6 is 11.8 Å². The molecule has 0 spiro atoms. The van der Waals surface area contributed by atoms with E-state index in [1.54, 1.807) is 16.7 Å². The molecular weight excluding hydrogens is 480 g/mol. The summed E-state index contributed by atoms with van der Waals surface area (Å²) in [5, 5.41) is 5.12. The second-order valence-electron chi connectivity index (χ2n) is 11.3. The molecule has 5 rings (SSSR count). The first-order valence-corrected chi connectivity index (χ1v) is 14.1. The average molecular weight is 517 g/mol. The normalized spacial score (nSPS) is 18.2. The van der Waals surface area contributed by atoms with Gasteiger partial charge in [0.2, 0.25) is 11.8 Å². The van der Waals surface area contributed by atoms with Crippen molar-refractivity contribution < 1.29 is 9.59 Å². The Bertz CT molecular complexity index is 1330. The van der Waals surface area contributed by atoms with E-state index >= 15 is 0 Å². The molecule has 3 heterocycles. The van der Waals surface area contributed by atoms with Crippen LogP contribution in [-0.2, 0) is 15.0 Å². The molecule has 0 aliphatic carbocycles. The first-order chi connectivity index (χ1) is 17.6. The van der Waals surface area contributed by atoms with Gasteiger partial charge in [0, 0.05) is 24.1 Å². The summed E-state index contributed by atoms with van der Waals surface area (Å²) in [4.78, 5) is 30.8. The zero-order valence-corrected chi connectivity index (χ0v) is 23.3. The molecule has 2 aromatic carbocycles. The van der Waals surface area contributed by atoms with Crippen molar-refractivity contribution in [2.24, 2.45) is 0 Å². The molecule has 1 aromatic heterocycles. The molecule has 0 bridgehead atoms. The van der Waals surface area contributed by atoms with Crippen molar-refractivity contribution in [3.63, 3.8) is 0 Å². The third-order valence-corrected chi connectivity index (χ3v) is 8.40. The Morgan fingerprint density at radius 3 is 2.35 bits per heavy atom. The highest BCUT2D eigenvalue weighted by Crippen LogP contribution is 2.48. The zero-order valence-electron chi connectivity index (χ0n) is 22.5. The number of fused-ring (bicyclic) bond motifs is 1. The molecule has 0 saturated carbocycles. The molecule has 2 amide bonds. The van der Waals surface area contributed by atoms with Gasteiger partial charge in [-0.2, -0.15) is 5.10 Å². The molecule has 194 valence electrons. The van der Waals surface area contributed by atoms with Crippen LogP contribution in [0.15, 0.2) is 48.5 Å². The van der Waals surface area contributed by atoms with Gasteiger partial charge in [0.15, 0.2) is 0 Å². The highest BCUT2D eigenvalue weighted by molar-refractivity contribution is 8.00. The fraction of sp³-hybridized carbons (Fsp3) is 0.433. The lowest BCUT2D eigenvalue weighted by molar-refractivity contribution is -0.130. The lowest BCUT2D eigenvalue weighted by atomic mass is 9.87. The summed E-state index contributed by atoms with van der Waals surface area (Å²) >= 11 is 1.63. The van der Waals surface area contributed by atoms with E-state index in [0.29, 0.717) is 5.75 Å². The molecule has 1 fully saturated rings. The Morgan fingerprint density at radius 1 is 1.03 bits per heavy atom. The Balaban J connectivity index is 1.76. The highest BCUT2D eigenvalue weighted by Gasteiger charge is 2.40. The first-order valence-electron chi connectivity index (χ1n) is 13.1. The van der Waals surface area contributed by atoms with E-state index in [1.165, 1.54) is 5.56 Å². The number of rotatable bonds is 4. The Labute approximate surface area is 224 Å². The minimum atomic E-state index is -0.264. The number of amides is 2. The summed E-state index contributed by atoms with van der Waals surface area (Å²) < 4.78 is 1.91. The number of carbonyl (C=O) groups excluding carboxylic acids is 2. The van der Waals surface area contributed by atoms with E-state index in [9.17, 15) is 9.59 Å². The number of hydrogen-bond acceptors (Lipinski definition) is 4. The molecule has 37 heavy (non-hydrogen) atoms. The van der Waals surface area contributed by atoms with Crippen LogP contribution in [0.5, 0.6) is 0 Å². The fourth-order valence-corrected chi connectivity index (χ4v) is 6.50. The predicted octanol–water partition coefficient (Wildman–Crippen LogP) is 5.58. The van der Waals surface area contributed by atoms with Crippen LogP contribution in [0.3, 0.4) is 0 Å². The second-order valence-corrected chi connectivity index (χ2v) is 12.4. The van der Waals surface area contributed by atoms with Crippen molar-refractivity contribution in [1.82, 2.24) is 14.7 Å². The molecule has 1 atom stereocenters. The number of carbonyl (C=O) groups is 2. The fourth-order valence-electron chi connectivity index (χ4n) is 5.31. The predicted molar refractivity (Wildman–Crippen MR) is 151 cm³/mol. The highest BCUT2D eigenvalue weighted by atomic mass is 32.2. The first kappa shape index (κ1) is 25.6. The molecule has 7 heteroatoms. The number of hydrogen-bond donors (Lipinski definition) is 0. The summed E-state index contributed by atoms with van der Waals surface area (Å²) in [6, 6.07) is 16.7. The van der Waals surface area contributed by atoms with Gasteiger partial charge in [0.05, 0.1) is 22.4 Å². The van der Waals surface area contributed by atoms with E-state index < -0.39 is 0 Å². The van der Waals surface area contributed by atoms with Crippen LogP contribution in [0.1, 0.15) is 66.8 Å². The topological polar surface area (TPSA) is 58.4 Å². The quantitative estimate of drug-likeness (QED) is 0.454. The molecule has 3 aromatic rings. The molecule has 0 N–H and O–H groups in total. The molecule has 0 radical (unpaired) electrons. The van der Waals surface area contributed by atoms with Crippen molar-refractivity contribution in [3.8, 4) is 5.69 Å². The number of likely N-dealkylation sites (tertiary alicyclic amines) is 1. The monoisotopic (exact) mass is 516 g/mol. The van der Waals surface area contributed by atoms with Crippen LogP contribution in [0, 0.1) is 13.8 Å². The van der Waals surface area contributed by atoms with Crippen molar-refractivity contribution in [2.75, 3.05) is 30.3 Å². The smallest absolute Gasteiger partial charge is 0.242 e. The van der Waals surface area contributed by atoms with E-state index in [-0.39, 0.29) is 29.0 Å². The van der Waals surface area contributed by atoms with Crippen molar-refractivity contribution in [1.29, 1.82) is 0 Å². The van der Waals surface area contributed by atoms with Gasteiger partial charge >= 0.3 is 0 Å². The summed E-state index contributed by atoms with van der Waals surface area (Å²) in [5.74, 6) is 0.982. The van der Waals surface area contributed by atoms with Gasteiger partial charge in [-0.05, 0) is 49.9 Å². The van der Waals surface area contributed by atoms with E-state index in [0.717, 1.165) is 59.8 Å². The molecule has 2 aliphatic heterocycles. The summed E-state index contributed by atoms with van der Waals surface area (Å²) in [7, 11) is 0. The number of aryl methyl sites for hydroxylation is 2. The Kier molecular flexibility index (Phi) is 6.92. The lowest BCUT2D eigenvalue weighted by Gasteiger charge is -2.26. The Morgan fingerprint density at radius 2 is 1.70 bits per heavy atom. The van der Waals surface area contributed by atoms with Gasteiger partial charge in [-0.25, -0.2) is 4.68 Å². The number of anilines is 1. The van der Waals surface area contributed by atoms with Gasteiger partial charge < -0.3 is 4.90 Å². The third-order valence-electron chi connectivity index (χ3n) is 7.14. The van der Waals surface area contributed by atoms with Crippen LogP contribution in [-0.4, -0.2) is 51.9 Å². The van der Waals surface area contributed by atoms with Gasteiger partial charge in [-0.15, -0.1) is 11.8 Å². The average Bonchev–Trinajstić information content (AvgIpc) is 3.49. The van der Waals surface area contributed by atoms with Crippen LogP contribution in [0.4, 0.5) is 5.82 Å². The number of benzene rings is 2. The molecule has 2 aliphatic rings. The zero-order chi connectivity index (χ0) is 26.3. The van der Waals surface area contributed by atoms with Crippen LogP contribution < -0.4 is 4.90 Å². The summed E-state index contributed by atoms with van der Waals surface area (Å²) in [5.41, 5.74) is 6.07. The summed E-state index contributed by atoms with van der Waals surface area (Å²) in [6.45, 7) is 12.2.